The number of hydrogen-bond acceptors (Lipinski definition) is 1. The molecular formula is C16H21Cl2F2N. The number of rotatable bonds is 5. The van der Waals surface area contributed by atoms with Gasteiger partial charge in [0.15, 0.2) is 0 Å². The van der Waals surface area contributed by atoms with E-state index in [1.165, 1.54) is 0 Å². The van der Waals surface area contributed by atoms with Crippen LogP contribution in [0.3, 0.4) is 0 Å². The number of nitrogens with one attached hydrogen (secondary N) is 1. The first-order valence-corrected chi connectivity index (χ1v) is 8.22. The molecule has 1 fully saturated rings. The van der Waals surface area contributed by atoms with E-state index < -0.39 is 5.92 Å². The van der Waals surface area contributed by atoms with E-state index in [9.17, 15) is 8.78 Å². The third kappa shape index (κ3) is 4.54. The molecule has 1 aliphatic rings. The Kier molecular flexibility index (Phi) is 5.87. The zero-order valence-electron chi connectivity index (χ0n) is 12.1. The highest BCUT2D eigenvalue weighted by Crippen LogP contribution is 2.38. The molecule has 0 aliphatic heterocycles. The number of benzene rings is 1. The Hall–Kier alpha value is -0.380. The van der Waals surface area contributed by atoms with Crippen molar-refractivity contribution in [3.05, 3.63) is 33.8 Å². The Morgan fingerprint density at radius 3 is 2.57 bits per heavy atom. The number of halogens is 4. The minimum absolute atomic E-state index is 0.0111. The second kappa shape index (κ2) is 7.26. The van der Waals surface area contributed by atoms with Crippen molar-refractivity contribution in [3.8, 4) is 0 Å². The first-order valence-electron chi connectivity index (χ1n) is 7.47. The molecule has 1 nitrogen and oxygen atoms in total. The Balaban J connectivity index is 2.07. The topological polar surface area (TPSA) is 12.0 Å². The molecule has 0 amide bonds. The summed E-state index contributed by atoms with van der Waals surface area (Å²) in [5, 5.41) is 4.54. The average molecular weight is 336 g/mol. The fraction of sp³-hybridized carbons (Fsp3) is 0.625. The van der Waals surface area contributed by atoms with Crippen LogP contribution in [0.1, 0.15) is 38.2 Å². The largest absolute Gasteiger partial charge is 0.314 e. The Morgan fingerprint density at radius 1 is 1.29 bits per heavy atom. The van der Waals surface area contributed by atoms with Gasteiger partial charge in [-0.1, -0.05) is 42.3 Å². The zero-order chi connectivity index (χ0) is 15.5. The minimum Gasteiger partial charge on any atom is -0.314 e. The van der Waals surface area contributed by atoms with Crippen molar-refractivity contribution in [2.45, 2.75) is 51.0 Å². The highest BCUT2D eigenvalue weighted by atomic mass is 35.5. The molecule has 0 saturated heterocycles. The van der Waals surface area contributed by atoms with Gasteiger partial charge in [0.1, 0.15) is 0 Å². The van der Waals surface area contributed by atoms with Crippen molar-refractivity contribution in [1.82, 2.24) is 5.32 Å². The molecule has 0 bridgehead atoms. The monoisotopic (exact) mass is 335 g/mol. The molecule has 118 valence electrons. The van der Waals surface area contributed by atoms with Gasteiger partial charge in [-0.3, -0.25) is 0 Å². The molecule has 21 heavy (non-hydrogen) atoms. The molecule has 0 spiro atoms. The van der Waals surface area contributed by atoms with Crippen LogP contribution in [0.15, 0.2) is 18.2 Å². The van der Waals surface area contributed by atoms with Gasteiger partial charge < -0.3 is 5.32 Å². The number of likely N-dealkylation sites (N-methyl/N-ethyl adjacent to an activating group) is 1. The molecule has 1 aromatic carbocycles. The lowest BCUT2D eigenvalue weighted by atomic mass is 9.80. The van der Waals surface area contributed by atoms with E-state index in [1.807, 2.05) is 19.1 Å². The maximum Gasteiger partial charge on any atom is 0.248 e. The van der Waals surface area contributed by atoms with Gasteiger partial charge in [-0.05, 0) is 43.4 Å². The van der Waals surface area contributed by atoms with Gasteiger partial charge in [0.25, 0.3) is 0 Å². The van der Waals surface area contributed by atoms with Crippen molar-refractivity contribution in [3.63, 3.8) is 0 Å². The predicted molar refractivity (Wildman–Crippen MR) is 84.5 cm³/mol. The van der Waals surface area contributed by atoms with Crippen molar-refractivity contribution in [2.75, 3.05) is 6.54 Å². The van der Waals surface area contributed by atoms with Gasteiger partial charge in [0.05, 0.1) is 10.0 Å². The summed E-state index contributed by atoms with van der Waals surface area (Å²) in [6.45, 7) is 2.85. The molecule has 0 radical (unpaired) electrons. The quantitative estimate of drug-likeness (QED) is 0.765. The molecule has 0 heterocycles. The second-order valence-corrected chi connectivity index (χ2v) is 6.56. The Bertz CT molecular complexity index is 469. The lowest BCUT2D eigenvalue weighted by Crippen LogP contribution is -2.41. The van der Waals surface area contributed by atoms with Gasteiger partial charge in [-0.2, -0.15) is 0 Å². The van der Waals surface area contributed by atoms with E-state index in [0.29, 0.717) is 22.9 Å². The van der Waals surface area contributed by atoms with Crippen LogP contribution in [0.25, 0.3) is 0 Å². The molecular weight excluding hydrogens is 315 g/mol. The molecule has 1 N–H and O–H groups in total. The summed E-state index contributed by atoms with van der Waals surface area (Å²) in [6, 6.07) is 5.76. The summed E-state index contributed by atoms with van der Waals surface area (Å²) in [7, 11) is 0. The van der Waals surface area contributed by atoms with Crippen molar-refractivity contribution in [2.24, 2.45) is 5.92 Å². The molecule has 0 aromatic heterocycles. The first-order chi connectivity index (χ1) is 9.93. The van der Waals surface area contributed by atoms with Gasteiger partial charge in [0, 0.05) is 18.9 Å². The van der Waals surface area contributed by atoms with Gasteiger partial charge in [-0.15, -0.1) is 0 Å². The maximum absolute atomic E-state index is 13.3. The molecule has 1 atom stereocenters. The van der Waals surface area contributed by atoms with Crippen molar-refractivity contribution in [1.29, 1.82) is 0 Å². The van der Waals surface area contributed by atoms with Gasteiger partial charge in [0.2, 0.25) is 5.92 Å². The fourth-order valence-corrected chi connectivity index (χ4v) is 3.47. The van der Waals surface area contributed by atoms with Crippen LogP contribution >= 0.6 is 23.2 Å². The maximum atomic E-state index is 13.3. The normalized spacial score (nSPS) is 20.4. The zero-order valence-corrected chi connectivity index (χ0v) is 13.7. The van der Waals surface area contributed by atoms with Gasteiger partial charge in [-0.25, -0.2) is 8.78 Å². The van der Waals surface area contributed by atoms with Crippen LogP contribution in [0.5, 0.6) is 0 Å². The smallest absolute Gasteiger partial charge is 0.248 e. The standard InChI is InChI=1S/C16H21Cl2F2N/c1-2-21-14(11-6-8-16(19,20)9-7-11)10-12-4-3-5-13(17)15(12)18/h3-5,11,14,21H,2,6-10H2,1H3. The molecule has 1 saturated carbocycles. The van der Waals surface area contributed by atoms with Crippen LogP contribution in [0, 0.1) is 5.92 Å². The lowest BCUT2D eigenvalue weighted by Gasteiger charge is -2.34. The SMILES string of the molecule is CCNC(Cc1cccc(Cl)c1Cl)C1CCC(F)(F)CC1. The summed E-state index contributed by atoms with van der Waals surface area (Å²) in [4.78, 5) is 0. The third-order valence-electron chi connectivity index (χ3n) is 4.27. The summed E-state index contributed by atoms with van der Waals surface area (Å²) < 4.78 is 26.6. The molecule has 1 aromatic rings. The van der Waals surface area contributed by atoms with Crippen LogP contribution in [-0.2, 0) is 6.42 Å². The van der Waals surface area contributed by atoms with Crippen LogP contribution in [-0.4, -0.2) is 18.5 Å². The van der Waals surface area contributed by atoms with Crippen LogP contribution in [0.2, 0.25) is 10.0 Å². The summed E-state index contributed by atoms with van der Waals surface area (Å²) in [6.07, 6.45) is 1.82. The third-order valence-corrected chi connectivity index (χ3v) is 5.13. The lowest BCUT2D eigenvalue weighted by molar-refractivity contribution is -0.0494. The van der Waals surface area contributed by atoms with Gasteiger partial charge >= 0.3 is 0 Å². The summed E-state index contributed by atoms with van der Waals surface area (Å²) in [5.74, 6) is -2.22. The molecule has 2 rings (SSSR count). The van der Waals surface area contributed by atoms with Crippen LogP contribution < -0.4 is 5.32 Å². The number of alkyl halides is 2. The minimum atomic E-state index is -2.49. The molecule has 1 aliphatic carbocycles. The Labute approximate surface area is 135 Å². The predicted octanol–water partition coefficient (Wildman–Crippen LogP) is 5.34. The molecule has 5 heteroatoms. The first kappa shape index (κ1) is 17.0. The highest BCUT2D eigenvalue weighted by Gasteiger charge is 2.37. The molecule has 1 unspecified atom stereocenters. The van der Waals surface area contributed by atoms with E-state index in [1.54, 1.807) is 6.07 Å². The average Bonchev–Trinajstić information content (AvgIpc) is 2.43. The van der Waals surface area contributed by atoms with E-state index in [-0.39, 0.29) is 24.8 Å². The van der Waals surface area contributed by atoms with Crippen LogP contribution in [0.4, 0.5) is 8.78 Å². The number of hydrogen-bond donors (Lipinski definition) is 1. The van der Waals surface area contributed by atoms with Crippen molar-refractivity contribution < 1.29 is 8.78 Å². The summed E-state index contributed by atoms with van der Waals surface area (Å²) in [5.41, 5.74) is 0.979. The van der Waals surface area contributed by atoms with E-state index in [2.05, 4.69) is 5.32 Å². The van der Waals surface area contributed by atoms with Crippen molar-refractivity contribution >= 4 is 23.2 Å². The van der Waals surface area contributed by atoms with E-state index >= 15 is 0 Å². The van der Waals surface area contributed by atoms with E-state index in [0.717, 1.165) is 18.5 Å². The highest BCUT2D eigenvalue weighted by molar-refractivity contribution is 6.42. The second-order valence-electron chi connectivity index (χ2n) is 5.77. The van der Waals surface area contributed by atoms with E-state index in [4.69, 9.17) is 23.2 Å². The fourth-order valence-electron chi connectivity index (χ4n) is 3.08. The Morgan fingerprint density at radius 2 is 1.95 bits per heavy atom. The summed E-state index contributed by atoms with van der Waals surface area (Å²) >= 11 is 12.3.